The highest BCUT2D eigenvalue weighted by Gasteiger charge is 2.18. The summed E-state index contributed by atoms with van der Waals surface area (Å²) in [5.74, 6) is -0.123. The van der Waals surface area contributed by atoms with Crippen LogP contribution in [0.2, 0.25) is 0 Å². The van der Waals surface area contributed by atoms with Crippen LogP contribution < -0.4 is 5.73 Å². The van der Waals surface area contributed by atoms with Gasteiger partial charge in [-0.25, -0.2) is 0 Å². The topological polar surface area (TPSA) is 66.5 Å². The lowest BCUT2D eigenvalue weighted by Gasteiger charge is -2.23. The van der Waals surface area contributed by atoms with Gasteiger partial charge in [0, 0.05) is 11.4 Å². The number of rotatable bonds is 0. The van der Waals surface area contributed by atoms with Gasteiger partial charge in [-0.3, -0.25) is 0 Å². The lowest BCUT2D eigenvalue weighted by atomic mass is 9.84. The van der Waals surface area contributed by atoms with Gasteiger partial charge in [-0.15, -0.1) is 0 Å². The van der Waals surface area contributed by atoms with E-state index < -0.39 is 0 Å². The van der Waals surface area contributed by atoms with Crippen molar-refractivity contribution in [3.63, 3.8) is 0 Å². The summed E-state index contributed by atoms with van der Waals surface area (Å²) in [6, 6.07) is 28.6. The number of phenolic OH excluding ortho intramolecular Hbond substituents is 2. The molecular weight excluding hydrogens is 382 g/mol. The number of aromatic hydroxyl groups is 2. The van der Waals surface area contributed by atoms with Crippen LogP contribution in [0.5, 0.6) is 11.5 Å². The summed E-state index contributed by atoms with van der Waals surface area (Å²) >= 11 is 0. The molecule has 0 heterocycles. The predicted molar refractivity (Wildman–Crippen MR) is 129 cm³/mol. The van der Waals surface area contributed by atoms with E-state index in [1.54, 1.807) is 12.1 Å². The lowest BCUT2D eigenvalue weighted by molar-refractivity contribution is 0.408. The molecule has 1 aliphatic rings. The summed E-state index contributed by atoms with van der Waals surface area (Å²) in [7, 11) is 0. The van der Waals surface area contributed by atoms with Gasteiger partial charge in [-0.05, 0) is 63.4 Å². The fourth-order valence-electron chi connectivity index (χ4n) is 4.62. The summed E-state index contributed by atoms with van der Waals surface area (Å²) in [4.78, 5) is 0. The van der Waals surface area contributed by atoms with E-state index in [0.29, 0.717) is 11.4 Å². The van der Waals surface area contributed by atoms with Gasteiger partial charge in [0.25, 0.3) is 0 Å². The molecule has 6 rings (SSSR count). The van der Waals surface area contributed by atoms with Gasteiger partial charge in [-0.2, -0.15) is 0 Å². The van der Waals surface area contributed by atoms with Crippen LogP contribution in [0.3, 0.4) is 0 Å². The highest BCUT2D eigenvalue weighted by Crippen LogP contribution is 2.34. The summed E-state index contributed by atoms with van der Waals surface area (Å²) in [5, 5.41) is 25.6. The van der Waals surface area contributed by atoms with Crippen molar-refractivity contribution in [3.8, 4) is 11.5 Å². The van der Waals surface area contributed by atoms with Crippen LogP contribution in [-0.4, -0.2) is 16.3 Å². The Morgan fingerprint density at radius 3 is 2.10 bits per heavy atom. The molecule has 0 saturated carbocycles. The van der Waals surface area contributed by atoms with E-state index in [1.807, 2.05) is 18.2 Å². The third-order valence-corrected chi connectivity index (χ3v) is 6.26. The first-order valence-electron chi connectivity index (χ1n) is 10.7. The number of benzene rings is 5. The normalized spacial score (nSPS) is 15.5. The fourth-order valence-corrected chi connectivity index (χ4v) is 4.62. The third-order valence-electron chi connectivity index (χ3n) is 6.26. The smallest absolute Gasteiger partial charge is 0.165 e. The average Bonchev–Trinajstić information content (AvgIpc) is 2.81. The molecule has 5 aromatic carbocycles. The molecule has 3 nitrogen and oxygen atoms in total. The highest BCUT2D eigenvalue weighted by atomic mass is 16.3. The van der Waals surface area contributed by atoms with Gasteiger partial charge < -0.3 is 15.9 Å². The minimum atomic E-state index is -0.0753. The van der Waals surface area contributed by atoms with Gasteiger partial charge in [0.15, 0.2) is 11.5 Å². The van der Waals surface area contributed by atoms with Crippen molar-refractivity contribution in [2.75, 3.05) is 0 Å². The van der Waals surface area contributed by atoms with E-state index in [4.69, 9.17) is 10.8 Å². The maximum Gasteiger partial charge on any atom is 0.165 e. The van der Waals surface area contributed by atoms with Crippen LogP contribution in [0.25, 0.3) is 32.3 Å². The van der Waals surface area contributed by atoms with E-state index in [2.05, 4.69) is 48.5 Å². The number of aryl methyl sites for hydroxylation is 1. The minimum absolute atomic E-state index is 0.0481. The Labute approximate surface area is 181 Å². The molecule has 0 spiro atoms. The Morgan fingerprint density at radius 1 is 0.645 bits per heavy atom. The summed E-state index contributed by atoms with van der Waals surface area (Å²) in [5.41, 5.74) is 9.12. The molecule has 0 bridgehead atoms. The van der Waals surface area contributed by atoms with E-state index >= 15 is 0 Å². The van der Waals surface area contributed by atoms with Crippen LogP contribution >= 0.6 is 0 Å². The Morgan fingerprint density at radius 2 is 1.29 bits per heavy atom. The molecule has 3 heteroatoms. The summed E-state index contributed by atoms with van der Waals surface area (Å²) in [6.45, 7) is 0. The van der Waals surface area contributed by atoms with Crippen LogP contribution in [0.1, 0.15) is 17.5 Å². The maximum absolute atomic E-state index is 9.41. The Kier molecular flexibility index (Phi) is 4.97. The van der Waals surface area contributed by atoms with Crippen LogP contribution in [0.4, 0.5) is 0 Å². The van der Waals surface area contributed by atoms with E-state index in [0.717, 1.165) is 24.6 Å². The van der Waals surface area contributed by atoms with Crippen LogP contribution in [0, 0.1) is 0 Å². The number of nitrogens with two attached hydrogens (primary N) is 1. The molecule has 0 aliphatic heterocycles. The molecular formula is C28H25NO2. The summed E-state index contributed by atoms with van der Waals surface area (Å²) < 4.78 is 0. The van der Waals surface area contributed by atoms with Crippen molar-refractivity contribution in [2.45, 2.75) is 25.3 Å². The molecule has 4 N–H and O–H groups in total. The molecule has 0 fully saturated rings. The van der Waals surface area contributed by atoms with Crippen molar-refractivity contribution in [3.05, 3.63) is 96.1 Å². The molecule has 5 aromatic rings. The zero-order valence-electron chi connectivity index (χ0n) is 17.3. The predicted octanol–water partition coefficient (Wildman–Crippen LogP) is 6.06. The first-order chi connectivity index (χ1) is 15.1. The fraction of sp³-hybridized carbons (Fsp3) is 0.143. The second kappa shape index (κ2) is 7.93. The zero-order chi connectivity index (χ0) is 21.4. The van der Waals surface area contributed by atoms with E-state index in [9.17, 15) is 5.11 Å². The third kappa shape index (κ3) is 3.58. The zero-order valence-corrected chi connectivity index (χ0v) is 17.3. The first kappa shape index (κ1) is 19.4. The quantitative estimate of drug-likeness (QED) is 0.216. The number of phenols is 2. The molecule has 1 atom stereocenters. The number of hydrogen-bond acceptors (Lipinski definition) is 3. The van der Waals surface area contributed by atoms with Gasteiger partial charge >= 0.3 is 0 Å². The number of hydrogen-bond donors (Lipinski definition) is 3. The second-order valence-corrected chi connectivity index (χ2v) is 8.24. The van der Waals surface area contributed by atoms with E-state index in [1.165, 1.54) is 38.7 Å². The van der Waals surface area contributed by atoms with Gasteiger partial charge in [-0.1, -0.05) is 78.9 Å². The van der Waals surface area contributed by atoms with Crippen LogP contribution in [-0.2, 0) is 12.8 Å². The SMILES string of the molecule is NC1CCc2ccc3c(ccc4ccccc43)c2C1.Oc1ccc2ccccc2c1O. The van der Waals surface area contributed by atoms with Crippen molar-refractivity contribution < 1.29 is 10.2 Å². The Hall–Kier alpha value is -3.56. The lowest BCUT2D eigenvalue weighted by Crippen LogP contribution is -2.27. The Bertz CT molecular complexity index is 1410. The molecule has 0 saturated heterocycles. The van der Waals surface area contributed by atoms with Crippen molar-refractivity contribution in [1.82, 2.24) is 0 Å². The Balaban J connectivity index is 0.000000147. The molecule has 1 aliphatic carbocycles. The maximum atomic E-state index is 9.41. The molecule has 0 aromatic heterocycles. The molecule has 0 amide bonds. The molecule has 0 radical (unpaired) electrons. The second-order valence-electron chi connectivity index (χ2n) is 8.24. The molecule has 31 heavy (non-hydrogen) atoms. The first-order valence-corrected chi connectivity index (χ1v) is 10.7. The average molecular weight is 408 g/mol. The highest BCUT2D eigenvalue weighted by molar-refractivity contribution is 6.08. The molecule has 1 unspecified atom stereocenters. The molecule has 154 valence electrons. The minimum Gasteiger partial charge on any atom is -0.504 e. The standard InChI is InChI=1S/C18H17N.C10H8O2/c19-14-8-5-13-7-9-16-15-4-2-1-3-12(15)6-10-17(16)18(13)11-14;11-9-6-5-7-3-1-2-4-8(7)10(9)12/h1-4,6-7,9-10,14H,5,8,11,19H2;1-6,11-12H. The van der Waals surface area contributed by atoms with Crippen molar-refractivity contribution in [1.29, 1.82) is 0 Å². The largest absolute Gasteiger partial charge is 0.504 e. The monoisotopic (exact) mass is 407 g/mol. The summed E-state index contributed by atoms with van der Waals surface area (Å²) in [6.07, 6.45) is 3.26. The number of fused-ring (bicyclic) bond motifs is 6. The van der Waals surface area contributed by atoms with E-state index in [-0.39, 0.29) is 11.5 Å². The van der Waals surface area contributed by atoms with Crippen molar-refractivity contribution >= 4 is 32.3 Å². The van der Waals surface area contributed by atoms with Crippen LogP contribution in [0.15, 0.2) is 84.9 Å². The van der Waals surface area contributed by atoms with Crippen molar-refractivity contribution in [2.24, 2.45) is 5.73 Å². The van der Waals surface area contributed by atoms with Gasteiger partial charge in [0.05, 0.1) is 0 Å². The van der Waals surface area contributed by atoms with Gasteiger partial charge in [0.2, 0.25) is 0 Å². The van der Waals surface area contributed by atoms with Gasteiger partial charge in [0.1, 0.15) is 0 Å².